The van der Waals surface area contributed by atoms with Crippen LogP contribution in [0, 0.1) is 5.92 Å². The van der Waals surface area contributed by atoms with E-state index in [1.807, 2.05) is 0 Å². The molecule has 1 fully saturated rings. The number of fused-ring (bicyclic) bond motifs is 1. The highest BCUT2D eigenvalue weighted by atomic mass is 32.1. The number of aromatic nitrogens is 2. The van der Waals surface area contributed by atoms with E-state index in [2.05, 4.69) is 10.4 Å². The van der Waals surface area contributed by atoms with Gasteiger partial charge in [0.15, 0.2) is 5.69 Å². The molecule has 9 heteroatoms. The zero-order valence-corrected chi connectivity index (χ0v) is 19.6. The quantitative estimate of drug-likeness (QED) is 0.510. The fourth-order valence-corrected chi connectivity index (χ4v) is 5.19. The average Bonchev–Trinajstić information content (AvgIpc) is 3.24. The van der Waals surface area contributed by atoms with Crippen LogP contribution in [0.5, 0.6) is 5.75 Å². The Balaban J connectivity index is 1.77. The number of carbonyl (C=O) groups is 2. The number of anilines is 1. The monoisotopic (exact) mass is 469 g/mol. The van der Waals surface area contributed by atoms with Crippen LogP contribution in [-0.4, -0.2) is 35.4 Å². The van der Waals surface area contributed by atoms with Gasteiger partial charge >= 0.3 is 5.97 Å². The van der Waals surface area contributed by atoms with Crippen LogP contribution >= 0.6 is 11.3 Å². The third-order valence-electron chi connectivity index (χ3n) is 5.87. The van der Waals surface area contributed by atoms with Crippen LogP contribution in [0.2, 0.25) is 0 Å². The molecule has 33 heavy (non-hydrogen) atoms. The minimum Gasteiger partial charge on any atom is -0.497 e. The molecule has 174 valence electrons. The lowest BCUT2D eigenvalue weighted by Gasteiger charge is -2.20. The minimum atomic E-state index is -0.628. The number of amides is 1. The van der Waals surface area contributed by atoms with Crippen LogP contribution in [-0.2, 0) is 9.53 Å². The van der Waals surface area contributed by atoms with Gasteiger partial charge in [0.1, 0.15) is 10.8 Å². The number of carbonyl (C=O) groups excluding carboxylic acids is 2. The highest BCUT2D eigenvalue weighted by molar-refractivity contribution is 7.16. The lowest BCUT2D eigenvalue weighted by Crippen LogP contribution is -2.26. The van der Waals surface area contributed by atoms with Crippen molar-refractivity contribution in [2.24, 2.45) is 5.92 Å². The van der Waals surface area contributed by atoms with E-state index >= 15 is 0 Å². The zero-order valence-electron chi connectivity index (χ0n) is 18.8. The van der Waals surface area contributed by atoms with Gasteiger partial charge in [-0.25, -0.2) is 4.79 Å². The molecule has 1 N–H and O–H groups in total. The van der Waals surface area contributed by atoms with Crippen molar-refractivity contribution in [3.63, 3.8) is 0 Å². The fourth-order valence-electron chi connectivity index (χ4n) is 4.24. The molecule has 8 nitrogen and oxygen atoms in total. The summed E-state index contributed by atoms with van der Waals surface area (Å²) in [4.78, 5) is 38.9. The van der Waals surface area contributed by atoms with E-state index in [1.54, 1.807) is 36.6 Å². The maximum Gasteiger partial charge on any atom is 0.359 e. The lowest BCUT2D eigenvalue weighted by molar-refractivity contribution is -0.117. The van der Waals surface area contributed by atoms with E-state index in [0.29, 0.717) is 34.2 Å². The van der Waals surface area contributed by atoms with E-state index in [4.69, 9.17) is 9.47 Å². The second-order valence-electron chi connectivity index (χ2n) is 8.10. The predicted octanol–water partition coefficient (Wildman–Crippen LogP) is 4.54. The molecule has 2 aromatic heterocycles. The van der Waals surface area contributed by atoms with Crippen LogP contribution in [0.3, 0.4) is 0 Å². The van der Waals surface area contributed by atoms with Crippen LogP contribution < -0.4 is 15.6 Å². The summed E-state index contributed by atoms with van der Waals surface area (Å²) in [5, 5.41) is 9.94. The first-order valence-electron chi connectivity index (χ1n) is 11.2. The van der Waals surface area contributed by atoms with Crippen molar-refractivity contribution in [1.29, 1.82) is 0 Å². The number of benzene rings is 1. The summed E-state index contributed by atoms with van der Waals surface area (Å²) in [6.07, 6.45) is 6.07. The molecule has 3 aromatic rings. The first kappa shape index (κ1) is 23.0. The maximum atomic E-state index is 13.5. The van der Waals surface area contributed by atoms with Gasteiger partial charge in [0.2, 0.25) is 5.91 Å². The standard InChI is InChI=1S/C24H27N3O5S/c1-3-32-24(30)21-18-14-33-22(25-19(28)12-15-8-5-4-6-9-15)20(18)23(29)27(26-21)16-10-7-11-17(13-16)31-2/h7,10-11,13-15H,3-6,8-9,12H2,1-2H3,(H,25,28). The normalized spacial score (nSPS) is 14.2. The van der Waals surface area contributed by atoms with Gasteiger partial charge in [0, 0.05) is 23.3 Å². The second kappa shape index (κ2) is 10.2. The van der Waals surface area contributed by atoms with Gasteiger partial charge in [-0.2, -0.15) is 9.78 Å². The summed E-state index contributed by atoms with van der Waals surface area (Å²) in [6.45, 7) is 1.88. The zero-order chi connectivity index (χ0) is 23.4. The molecular formula is C24H27N3O5S. The lowest BCUT2D eigenvalue weighted by atomic mass is 9.87. The van der Waals surface area contributed by atoms with Gasteiger partial charge < -0.3 is 14.8 Å². The Morgan fingerprint density at radius 1 is 1.24 bits per heavy atom. The largest absolute Gasteiger partial charge is 0.497 e. The summed E-state index contributed by atoms with van der Waals surface area (Å²) in [6, 6.07) is 6.84. The molecule has 0 aliphatic heterocycles. The van der Waals surface area contributed by atoms with Crippen LogP contribution in [0.4, 0.5) is 5.00 Å². The molecule has 1 aliphatic carbocycles. The Kier molecular flexibility index (Phi) is 7.08. The van der Waals surface area contributed by atoms with Crippen molar-refractivity contribution in [1.82, 2.24) is 9.78 Å². The van der Waals surface area contributed by atoms with Crippen molar-refractivity contribution in [2.45, 2.75) is 45.4 Å². The molecule has 1 amide bonds. The van der Waals surface area contributed by atoms with Gasteiger partial charge in [0.05, 0.1) is 24.8 Å². The highest BCUT2D eigenvalue weighted by Gasteiger charge is 2.24. The van der Waals surface area contributed by atoms with Crippen LogP contribution in [0.25, 0.3) is 16.5 Å². The molecule has 0 atom stereocenters. The number of ether oxygens (including phenoxy) is 2. The molecular weight excluding hydrogens is 442 g/mol. The molecule has 0 saturated heterocycles. The number of nitrogens with zero attached hydrogens (tertiary/aromatic N) is 2. The molecule has 0 spiro atoms. The highest BCUT2D eigenvalue weighted by Crippen LogP contribution is 2.32. The molecule has 1 aliphatic rings. The molecule has 0 radical (unpaired) electrons. The molecule has 1 aromatic carbocycles. The number of esters is 1. The Hall–Kier alpha value is -3.20. The fraction of sp³-hybridized carbons (Fsp3) is 0.417. The number of nitrogens with one attached hydrogen (secondary N) is 1. The van der Waals surface area contributed by atoms with E-state index in [0.717, 1.165) is 30.4 Å². The molecule has 0 bridgehead atoms. The first-order chi connectivity index (χ1) is 16.0. The van der Waals surface area contributed by atoms with Crippen LogP contribution in [0.1, 0.15) is 55.9 Å². The van der Waals surface area contributed by atoms with Crippen molar-refractivity contribution < 1.29 is 19.1 Å². The van der Waals surface area contributed by atoms with Gasteiger partial charge in [0.25, 0.3) is 5.56 Å². The van der Waals surface area contributed by atoms with Gasteiger partial charge in [-0.1, -0.05) is 25.3 Å². The summed E-state index contributed by atoms with van der Waals surface area (Å²) >= 11 is 1.21. The van der Waals surface area contributed by atoms with E-state index in [1.165, 1.54) is 24.9 Å². The maximum absolute atomic E-state index is 13.5. The molecule has 0 unspecified atom stereocenters. The number of methoxy groups -OCH3 is 1. The Morgan fingerprint density at radius 3 is 2.76 bits per heavy atom. The molecule has 4 rings (SSSR count). The first-order valence-corrected chi connectivity index (χ1v) is 12.1. The van der Waals surface area contributed by atoms with E-state index in [-0.39, 0.29) is 23.6 Å². The number of hydrogen-bond donors (Lipinski definition) is 1. The SMILES string of the molecule is CCOC(=O)c1nn(-c2cccc(OC)c2)c(=O)c2c(NC(=O)CC3CCCCC3)scc12. The number of thiophene rings is 1. The summed E-state index contributed by atoms with van der Waals surface area (Å²) in [5.74, 6) is 0.171. The van der Waals surface area contributed by atoms with E-state index in [9.17, 15) is 14.4 Å². The van der Waals surface area contributed by atoms with Gasteiger partial charge in [-0.15, -0.1) is 11.3 Å². The Morgan fingerprint density at radius 2 is 2.03 bits per heavy atom. The second-order valence-corrected chi connectivity index (χ2v) is 8.98. The Bertz CT molecular complexity index is 1230. The third kappa shape index (κ3) is 4.93. The van der Waals surface area contributed by atoms with Crippen molar-refractivity contribution in [3.05, 3.63) is 45.7 Å². The van der Waals surface area contributed by atoms with Crippen molar-refractivity contribution >= 4 is 39.0 Å². The number of rotatable bonds is 7. The average molecular weight is 470 g/mol. The van der Waals surface area contributed by atoms with Gasteiger partial charge in [-0.05, 0) is 37.8 Å². The Labute approximate surface area is 195 Å². The van der Waals surface area contributed by atoms with Crippen molar-refractivity contribution in [3.8, 4) is 11.4 Å². The molecule has 1 saturated carbocycles. The topological polar surface area (TPSA) is 99.5 Å². The van der Waals surface area contributed by atoms with Crippen molar-refractivity contribution in [2.75, 3.05) is 19.0 Å². The summed E-state index contributed by atoms with van der Waals surface area (Å²) < 4.78 is 11.6. The third-order valence-corrected chi connectivity index (χ3v) is 6.77. The summed E-state index contributed by atoms with van der Waals surface area (Å²) in [5.41, 5.74) is 0.0382. The predicted molar refractivity (Wildman–Crippen MR) is 128 cm³/mol. The smallest absolute Gasteiger partial charge is 0.359 e. The summed E-state index contributed by atoms with van der Waals surface area (Å²) in [7, 11) is 1.53. The van der Waals surface area contributed by atoms with Crippen LogP contribution in [0.15, 0.2) is 34.4 Å². The van der Waals surface area contributed by atoms with E-state index < -0.39 is 11.5 Å². The van der Waals surface area contributed by atoms with Gasteiger partial charge in [-0.3, -0.25) is 9.59 Å². The molecule has 2 heterocycles. The minimum absolute atomic E-state index is 0.0262. The number of hydrogen-bond acceptors (Lipinski definition) is 7.